The van der Waals surface area contributed by atoms with Crippen molar-refractivity contribution in [3.63, 3.8) is 0 Å². The van der Waals surface area contributed by atoms with Crippen LogP contribution in [0.15, 0.2) is 109 Å². The van der Waals surface area contributed by atoms with E-state index < -0.39 is 32.5 Å². The molecule has 74 heavy (non-hydrogen) atoms. The molecule has 0 aromatic rings. The number of phosphoric acid groups is 1. The van der Waals surface area contributed by atoms with Crippen molar-refractivity contribution in [1.29, 1.82) is 0 Å². The van der Waals surface area contributed by atoms with E-state index >= 15 is 0 Å². The van der Waals surface area contributed by atoms with Gasteiger partial charge in [-0.2, -0.15) is 0 Å². The molecule has 0 aliphatic heterocycles. The van der Waals surface area contributed by atoms with Gasteiger partial charge in [-0.25, -0.2) is 0 Å². The van der Waals surface area contributed by atoms with E-state index in [1.54, 1.807) is 0 Å². The largest absolute Gasteiger partial charge is 0.756 e. The van der Waals surface area contributed by atoms with Crippen LogP contribution in [0.5, 0.6) is 0 Å². The highest BCUT2D eigenvalue weighted by Crippen LogP contribution is 2.38. The van der Waals surface area contributed by atoms with Gasteiger partial charge in [-0.15, -0.1) is 0 Å². The molecule has 10 heteroatoms. The fourth-order valence-electron chi connectivity index (χ4n) is 7.72. The summed E-state index contributed by atoms with van der Waals surface area (Å²) in [6.45, 7) is 4.09. The van der Waals surface area contributed by atoms with Gasteiger partial charge in [-0.3, -0.25) is 14.2 Å². The number of quaternary nitrogens is 1. The molecule has 0 saturated heterocycles. The van der Waals surface area contributed by atoms with Crippen LogP contribution in [0, 0.1) is 0 Å². The summed E-state index contributed by atoms with van der Waals surface area (Å²) in [7, 11) is 1.14. The minimum Gasteiger partial charge on any atom is -0.756 e. The zero-order chi connectivity index (χ0) is 54.2. The van der Waals surface area contributed by atoms with Crippen molar-refractivity contribution >= 4 is 19.8 Å². The van der Waals surface area contributed by atoms with Crippen molar-refractivity contribution in [1.82, 2.24) is 0 Å². The van der Waals surface area contributed by atoms with Crippen molar-refractivity contribution in [3.8, 4) is 0 Å². The number of carbonyl (C=O) groups excluding carboxylic acids is 2. The third-order valence-corrected chi connectivity index (χ3v) is 13.2. The molecular weight excluding hydrogens is 942 g/mol. The molecular formula is C64H110NO8P. The summed E-state index contributed by atoms with van der Waals surface area (Å²) in [5.74, 6) is -0.862. The second-order valence-corrected chi connectivity index (χ2v) is 22.0. The minimum atomic E-state index is -4.65. The van der Waals surface area contributed by atoms with E-state index in [2.05, 4.69) is 123 Å². The van der Waals surface area contributed by atoms with E-state index in [0.717, 1.165) is 109 Å². The van der Waals surface area contributed by atoms with Gasteiger partial charge in [-0.05, 0) is 103 Å². The molecule has 9 nitrogen and oxygen atoms in total. The molecule has 0 fully saturated rings. The van der Waals surface area contributed by atoms with E-state index in [1.807, 2.05) is 21.1 Å². The Labute approximate surface area is 455 Å². The van der Waals surface area contributed by atoms with Gasteiger partial charge < -0.3 is 27.9 Å². The summed E-state index contributed by atoms with van der Waals surface area (Å²) in [6, 6.07) is 0. The van der Waals surface area contributed by atoms with E-state index in [9.17, 15) is 19.0 Å². The molecule has 0 aromatic carbocycles. The first kappa shape index (κ1) is 70.7. The number of unbranched alkanes of at least 4 members (excludes halogenated alkanes) is 21. The molecule has 0 aliphatic carbocycles. The lowest BCUT2D eigenvalue weighted by atomic mass is 10.0. The van der Waals surface area contributed by atoms with E-state index in [0.29, 0.717) is 17.4 Å². The summed E-state index contributed by atoms with van der Waals surface area (Å²) >= 11 is 0. The van der Waals surface area contributed by atoms with Crippen LogP contribution in [-0.4, -0.2) is 70.0 Å². The van der Waals surface area contributed by atoms with Gasteiger partial charge in [-0.1, -0.05) is 226 Å². The van der Waals surface area contributed by atoms with E-state index in [1.165, 1.54) is 89.9 Å². The maximum absolute atomic E-state index is 12.8. The summed E-state index contributed by atoms with van der Waals surface area (Å²) in [5, 5.41) is 0. The number of hydrogen-bond donors (Lipinski definition) is 0. The smallest absolute Gasteiger partial charge is 0.306 e. The predicted molar refractivity (Wildman–Crippen MR) is 314 cm³/mol. The lowest BCUT2D eigenvalue weighted by Crippen LogP contribution is -2.37. The van der Waals surface area contributed by atoms with Crippen molar-refractivity contribution in [2.45, 2.75) is 238 Å². The van der Waals surface area contributed by atoms with Gasteiger partial charge in [0.05, 0.1) is 27.7 Å². The van der Waals surface area contributed by atoms with Crippen molar-refractivity contribution in [3.05, 3.63) is 109 Å². The van der Waals surface area contributed by atoms with Gasteiger partial charge in [0.2, 0.25) is 0 Å². The maximum Gasteiger partial charge on any atom is 0.306 e. The Bertz CT molecular complexity index is 1620. The zero-order valence-corrected chi connectivity index (χ0v) is 48.9. The van der Waals surface area contributed by atoms with E-state index in [4.69, 9.17) is 18.5 Å². The molecule has 2 unspecified atom stereocenters. The molecule has 0 saturated carbocycles. The quantitative estimate of drug-likeness (QED) is 0.0195. The number of hydrogen-bond acceptors (Lipinski definition) is 8. The van der Waals surface area contributed by atoms with Gasteiger partial charge in [0.15, 0.2) is 6.10 Å². The molecule has 0 bridgehead atoms. The van der Waals surface area contributed by atoms with Crippen LogP contribution in [0.25, 0.3) is 0 Å². The summed E-state index contributed by atoms with van der Waals surface area (Å²) < 4.78 is 34.2. The summed E-state index contributed by atoms with van der Waals surface area (Å²) in [5.41, 5.74) is 0. The number of phosphoric ester groups is 1. The second kappa shape index (κ2) is 54.5. The number of nitrogens with zero attached hydrogens (tertiary/aromatic N) is 1. The van der Waals surface area contributed by atoms with Crippen molar-refractivity contribution in [2.24, 2.45) is 0 Å². The molecule has 0 N–H and O–H groups in total. The molecule has 0 amide bonds. The predicted octanol–water partition coefficient (Wildman–Crippen LogP) is 18.0. The average Bonchev–Trinajstić information content (AvgIpc) is 3.36. The number of likely N-dealkylation sites (N-methyl/N-ethyl adjacent to an activating group) is 1. The Kier molecular flexibility index (Phi) is 52.0. The third-order valence-electron chi connectivity index (χ3n) is 12.3. The molecule has 0 aromatic heterocycles. The summed E-state index contributed by atoms with van der Waals surface area (Å²) in [4.78, 5) is 37.9. The lowest BCUT2D eigenvalue weighted by molar-refractivity contribution is -0.870. The van der Waals surface area contributed by atoms with Crippen LogP contribution in [0.3, 0.4) is 0 Å². The van der Waals surface area contributed by atoms with Gasteiger partial charge in [0.25, 0.3) is 7.82 Å². The molecule has 0 rings (SSSR count). The molecule has 0 heterocycles. The third kappa shape index (κ3) is 57.9. The molecule has 0 radical (unpaired) electrons. The van der Waals surface area contributed by atoms with Gasteiger partial charge in [0.1, 0.15) is 19.8 Å². The Hall–Kier alpha value is -3.33. The molecule has 424 valence electrons. The summed E-state index contributed by atoms with van der Waals surface area (Å²) in [6.07, 6.45) is 75.6. The maximum atomic E-state index is 12.8. The standard InChI is InChI=1S/C64H110NO8P/c1-6-8-10-12-14-16-18-20-22-24-26-28-30-31-32-33-35-37-39-41-43-45-47-49-51-53-55-57-64(67)73-62(61-72-74(68,69)71-59-58-65(3,4)5)60-70-63(66)56-54-52-50-48-46-44-42-40-38-36-34-29-27-25-23-21-19-17-15-13-11-9-7-2/h8,10,14,16,19-22,25-28,31-32,35,37,41,43,62H,6-7,9,11-13,15,17-18,23-24,29-30,33-34,36,38-40,42,44-61H2,1-5H3/b10-8-,16-14-,21-19-,22-20-,27-25-,28-26-,32-31-,37-35-,43-41-. The van der Waals surface area contributed by atoms with Crippen LogP contribution < -0.4 is 4.89 Å². The average molecular weight is 1050 g/mol. The fourth-order valence-corrected chi connectivity index (χ4v) is 8.45. The SMILES string of the molecule is CC/C=C\C/C=C\C/C=C\C/C=C\C/C=C\C/C=C\C/C=C\CCCCCCCC(=O)OC(COC(=O)CCCCCCCCCCCCC/C=C\C/C=C\CCCCCCC)COP(=O)([O-])OCC[N+](C)(C)C. The Morgan fingerprint density at radius 3 is 1.15 bits per heavy atom. The zero-order valence-electron chi connectivity index (χ0n) is 48.0. The fraction of sp³-hybridized carbons (Fsp3) is 0.688. The number of carbonyl (C=O) groups is 2. The topological polar surface area (TPSA) is 111 Å². The highest BCUT2D eigenvalue weighted by Gasteiger charge is 2.21. The first-order valence-electron chi connectivity index (χ1n) is 29.6. The Morgan fingerprint density at radius 1 is 0.432 bits per heavy atom. The molecule has 0 spiro atoms. The number of allylic oxidation sites excluding steroid dienone is 18. The van der Waals surface area contributed by atoms with Gasteiger partial charge >= 0.3 is 11.9 Å². The van der Waals surface area contributed by atoms with Gasteiger partial charge in [0, 0.05) is 12.8 Å². The normalized spacial score (nSPS) is 14.1. The van der Waals surface area contributed by atoms with Crippen LogP contribution in [-0.2, 0) is 32.7 Å². The van der Waals surface area contributed by atoms with Crippen LogP contribution in [0.2, 0.25) is 0 Å². The Morgan fingerprint density at radius 2 is 0.770 bits per heavy atom. The van der Waals surface area contributed by atoms with Crippen LogP contribution in [0.1, 0.15) is 232 Å². The second-order valence-electron chi connectivity index (χ2n) is 20.6. The molecule has 0 aliphatic rings. The van der Waals surface area contributed by atoms with Crippen LogP contribution >= 0.6 is 7.82 Å². The first-order valence-corrected chi connectivity index (χ1v) is 31.1. The number of rotatable bonds is 53. The van der Waals surface area contributed by atoms with Crippen LogP contribution in [0.4, 0.5) is 0 Å². The minimum absolute atomic E-state index is 0.0410. The highest BCUT2D eigenvalue weighted by molar-refractivity contribution is 7.45. The lowest BCUT2D eigenvalue weighted by Gasteiger charge is -2.28. The number of ether oxygens (including phenoxy) is 2. The molecule has 2 atom stereocenters. The van der Waals surface area contributed by atoms with Crippen molar-refractivity contribution in [2.75, 3.05) is 47.5 Å². The van der Waals surface area contributed by atoms with Crippen molar-refractivity contribution < 1.29 is 42.1 Å². The first-order chi connectivity index (χ1) is 36.0. The highest BCUT2D eigenvalue weighted by atomic mass is 31.2. The number of esters is 2. The monoisotopic (exact) mass is 1050 g/mol. The Balaban J connectivity index is 4.25. The van der Waals surface area contributed by atoms with E-state index in [-0.39, 0.29) is 26.1 Å².